The van der Waals surface area contributed by atoms with Gasteiger partial charge in [-0.05, 0) is 45.4 Å². The standard InChI is InChI=1S/C31H32ClF3N8O5/c1-5-20-25(41-8-10-42(11-9-41)29(47)24-26(45)16(2)37-15-38-24)27(46)23-28(36-13-21(40-23)30(3,4)48)43(20)14-22(44)39-19-7-6-17(12-18(19)32)31(33,34)35/h6-7,12-13,15,45,48H,5,8-11,14H2,1-4H3,(H,39,44). The molecule has 0 atom stereocenters. The summed E-state index contributed by atoms with van der Waals surface area (Å²) in [7, 11) is 0. The molecule has 0 unspecified atom stereocenters. The van der Waals surface area contributed by atoms with Crippen molar-refractivity contribution < 1.29 is 33.0 Å². The van der Waals surface area contributed by atoms with Crippen LogP contribution in [0.5, 0.6) is 5.75 Å². The molecule has 4 heterocycles. The molecule has 13 nitrogen and oxygen atoms in total. The number of pyridine rings is 1. The highest BCUT2D eigenvalue weighted by Gasteiger charge is 2.32. The molecule has 48 heavy (non-hydrogen) atoms. The summed E-state index contributed by atoms with van der Waals surface area (Å²) in [5.74, 6) is -1.47. The van der Waals surface area contributed by atoms with E-state index >= 15 is 0 Å². The molecule has 0 radical (unpaired) electrons. The smallest absolute Gasteiger partial charge is 0.416 e. The summed E-state index contributed by atoms with van der Waals surface area (Å²) in [5.41, 5.74) is -2.12. The number of carbonyl (C=O) groups excluding carboxylic acids is 2. The fourth-order valence-electron chi connectivity index (χ4n) is 5.41. The molecule has 3 N–H and O–H groups in total. The number of anilines is 2. The van der Waals surface area contributed by atoms with Gasteiger partial charge in [0.05, 0.1) is 33.9 Å². The Kier molecular flexibility index (Phi) is 9.34. The Morgan fingerprint density at radius 3 is 2.38 bits per heavy atom. The van der Waals surface area contributed by atoms with Gasteiger partial charge in [-0.3, -0.25) is 14.4 Å². The first-order valence-electron chi connectivity index (χ1n) is 14.9. The molecule has 0 saturated carbocycles. The average molecular weight is 689 g/mol. The van der Waals surface area contributed by atoms with Gasteiger partial charge in [-0.1, -0.05) is 18.5 Å². The molecule has 1 aliphatic heterocycles. The molecule has 0 spiro atoms. The lowest BCUT2D eigenvalue weighted by atomic mass is 10.1. The molecule has 5 rings (SSSR count). The number of amides is 2. The van der Waals surface area contributed by atoms with Crippen molar-refractivity contribution in [1.82, 2.24) is 29.4 Å². The van der Waals surface area contributed by atoms with Crippen LogP contribution in [-0.4, -0.2) is 77.6 Å². The second kappa shape index (κ2) is 13.0. The van der Waals surface area contributed by atoms with Crippen LogP contribution in [0.2, 0.25) is 5.02 Å². The van der Waals surface area contributed by atoms with Gasteiger partial charge in [-0.2, -0.15) is 13.2 Å². The number of aryl methyl sites for hydroxylation is 1. The number of nitrogens with one attached hydrogen (secondary N) is 1. The van der Waals surface area contributed by atoms with Crippen molar-refractivity contribution >= 4 is 46.0 Å². The zero-order chi connectivity index (χ0) is 35.1. The van der Waals surface area contributed by atoms with Gasteiger partial charge in [0, 0.05) is 31.9 Å². The zero-order valence-electron chi connectivity index (χ0n) is 26.4. The van der Waals surface area contributed by atoms with E-state index in [1.54, 1.807) is 18.7 Å². The third-order valence-electron chi connectivity index (χ3n) is 7.96. The Balaban J connectivity index is 1.51. The Morgan fingerprint density at radius 2 is 1.77 bits per heavy atom. The molecule has 1 saturated heterocycles. The van der Waals surface area contributed by atoms with E-state index < -0.39 is 41.1 Å². The van der Waals surface area contributed by atoms with Crippen molar-refractivity contribution in [1.29, 1.82) is 0 Å². The van der Waals surface area contributed by atoms with Crippen molar-refractivity contribution in [3.05, 3.63) is 74.3 Å². The number of hydrogen-bond acceptors (Lipinski definition) is 10. The van der Waals surface area contributed by atoms with Gasteiger partial charge in [-0.25, -0.2) is 19.9 Å². The van der Waals surface area contributed by atoms with E-state index in [2.05, 4.69) is 25.3 Å². The number of piperazine rings is 1. The average Bonchev–Trinajstić information content (AvgIpc) is 3.03. The molecule has 254 valence electrons. The van der Waals surface area contributed by atoms with Gasteiger partial charge in [0.25, 0.3) is 5.91 Å². The maximum absolute atomic E-state index is 14.1. The minimum absolute atomic E-state index is 0.0422. The highest BCUT2D eigenvalue weighted by Crippen LogP contribution is 2.34. The first-order chi connectivity index (χ1) is 22.5. The summed E-state index contributed by atoms with van der Waals surface area (Å²) < 4.78 is 40.9. The van der Waals surface area contributed by atoms with Crippen LogP contribution < -0.4 is 15.6 Å². The van der Waals surface area contributed by atoms with Crippen LogP contribution in [0.25, 0.3) is 11.2 Å². The second-order valence-electron chi connectivity index (χ2n) is 11.7. The fraction of sp³-hybridized carbons (Fsp3) is 0.387. The van der Waals surface area contributed by atoms with Crippen LogP contribution >= 0.6 is 11.6 Å². The van der Waals surface area contributed by atoms with E-state index in [1.165, 1.54) is 35.8 Å². The maximum Gasteiger partial charge on any atom is 0.416 e. The fourth-order valence-corrected chi connectivity index (χ4v) is 5.64. The number of fused-ring (bicyclic) bond motifs is 1. The van der Waals surface area contributed by atoms with Crippen molar-refractivity contribution in [3.8, 4) is 5.75 Å². The van der Waals surface area contributed by atoms with Gasteiger partial charge < -0.3 is 29.9 Å². The Labute approximate surface area is 277 Å². The molecule has 3 aromatic heterocycles. The number of aliphatic hydroxyl groups is 1. The number of hydrogen-bond donors (Lipinski definition) is 3. The van der Waals surface area contributed by atoms with E-state index in [-0.39, 0.29) is 83.0 Å². The molecule has 1 fully saturated rings. The molecule has 0 aliphatic carbocycles. The van der Waals surface area contributed by atoms with E-state index in [0.29, 0.717) is 11.8 Å². The summed E-state index contributed by atoms with van der Waals surface area (Å²) in [5, 5.41) is 23.2. The van der Waals surface area contributed by atoms with Gasteiger partial charge in [-0.15, -0.1) is 0 Å². The highest BCUT2D eigenvalue weighted by molar-refractivity contribution is 6.33. The number of benzene rings is 1. The Bertz CT molecular complexity index is 1970. The lowest BCUT2D eigenvalue weighted by Crippen LogP contribution is -2.50. The predicted octanol–water partition coefficient (Wildman–Crippen LogP) is 3.66. The van der Waals surface area contributed by atoms with Crippen molar-refractivity contribution in [3.63, 3.8) is 0 Å². The largest absolute Gasteiger partial charge is 0.504 e. The van der Waals surface area contributed by atoms with E-state index in [1.807, 2.05) is 0 Å². The second-order valence-corrected chi connectivity index (χ2v) is 12.1. The monoisotopic (exact) mass is 688 g/mol. The molecule has 1 aliphatic rings. The van der Waals surface area contributed by atoms with E-state index in [0.717, 1.165) is 12.1 Å². The van der Waals surface area contributed by atoms with E-state index in [9.17, 15) is 37.8 Å². The number of halogens is 4. The number of aromatic nitrogens is 5. The first kappa shape index (κ1) is 34.5. The maximum atomic E-state index is 14.1. The van der Waals surface area contributed by atoms with Crippen molar-refractivity contribution in [2.75, 3.05) is 36.4 Å². The van der Waals surface area contributed by atoms with Crippen LogP contribution in [0.3, 0.4) is 0 Å². The Hall–Kier alpha value is -4.83. The number of nitrogens with zero attached hydrogens (tertiary/aromatic N) is 7. The summed E-state index contributed by atoms with van der Waals surface area (Å²) in [6.45, 7) is 6.64. The van der Waals surface area contributed by atoms with Crippen LogP contribution in [-0.2, 0) is 29.5 Å². The molecule has 2 amide bonds. The van der Waals surface area contributed by atoms with Gasteiger partial charge >= 0.3 is 6.18 Å². The molecule has 17 heteroatoms. The quantitative estimate of drug-likeness (QED) is 0.261. The van der Waals surface area contributed by atoms with Crippen molar-refractivity contribution in [2.45, 2.75) is 52.4 Å². The predicted molar refractivity (Wildman–Crippen MR) is 170 cm³/mol. The van der Waals surface area contributed by atoms with Crippen LogP contribution in [0.15, 0.2) is 35.5 Å². The summed E-state index contributed by atoms with van der Waals surface area (Å²) in [6.07, 6.45) is -1.87. The molecular formula is C31H32ClF3N8O5. The van der Waals surface area contributed by atoms with Gasteiger partial charge in [0.1, 0.15) is 24.2 Å². The number of alkyl halides is 3. The molecule has 1 aromatic carbocycles. The van der Waals surface area contributed by atoms with Crippen LogP contribution in [0.1, 0.15) is 53.9 Å². The third-order valence-corrected chi connectivity index (χ3v) is 8.28. The minimum atomic E-state index is -4.62. The third kappa shape index (κ3) is 6.75. The van der Waals surface area contributed by atoms with Crippen LogP contribution in [0, 0.1) is 6.92 Å². The van der Waals surface area contributed by atoms with Crippen LogP contribution in [0.4, 0.5) is 24.5 Å². The van der Waals surface area contributed by atoms with E-state index in [4.69, 9.17) is 11.6 Å². The van der Waals surface area contributed by atoms with Gasteiger partial charge in [0.2, 0.25) is 11.3 Å². The SMILES string of the molecule is CCc1c(N2CCN(C(=O)c3ncnc(C)c3O)CC2)c(=O)c2nc(C(C)(C)O)cnc2n1CC(=O)Nc1ccc(C(F)(F)F)cc1Cl. The molecule has 0 bridgehead atoms. The highest BCUT2D eigenvalue weighted by atomic mass is 35.5. The Morgan fingerprint density at radius 1 is 1.08 bits per heavy atom. The zero-order valence-corrected chi connectivity index (χ0v) is 27.1. The molecule has 4 aromatic rings. The number of carbonyl (C=O) groups is 2. The molecular weight excluding hydrogens is 657 g/mol. The number of aromatic hydroxyl groups is 1. The summed E-state index contributed by atoms with van der Waals surface area (Å²) in [4.78, 5) is 60.6. The summed E-state index contributed by atoms with van der Waals surface area (Å²) in [6, 6.07) is 2.56. The topological polar surface area (TPSA) is 167 Å². The number of rotatable bonds is 7. The lowest BCUT2D eigenvalue weighted by Gasteiger charge is -2.37. The first-order valence-corrected chi connectivity index (χ1v) is 15.3. The van der Waals surface area contributed by atoms with Gasteiger partial charge in [0.15, 0.2) is 22.6 Å². The minimum Gasteiger partial charge on any atom is -0.504 e. The van der Waals surface area contributed by atoms with Crippen molar-refractivity contribution in [2.24, 2.45) is 0 Å². The lowest BCUT2D eigenvalue weighted by molar-refractivity contribution is -0.137. The normalized spacial score (nSPS) is 14.0. The summed E-state index contributed by atoms with van der Waals surface area (Å²) >= 11 is 6.07.